The Bertz CT molecular complexity index is 1810. The van der Waals surface area contributed by atoms with Crippen LogP contribution in [0.15, 0.2) is 82.3 Å². The second kappa shape index (κ2) is 25.2. The minimum atomic E-state index is -0.456. The van der Waals surface area contributed by atoms with Crippen molar-refractivity contribution in [1.82, 2.24) is 30.3 Å². The van der Waals surface area contributed by atoms with E-state index in [1.807, 2.05) is 85.8 Å². The number of benzene rings is 2. The summed E-state index contributed by atoms with van der Waals surface area (Å²) in [5, 5.41) is 10.1. The normalized spacial score (nSPS) is 11.6. The zero-order chi connectivity index (χ0) is 39.9. The lowest BCUT2D eigenvalue weighted by atomic mass is 9.98. The number of methoxy groups -OCH3 is 1. The van der Waals surface area contributed by atoms with Crippen molar-refractivity contribution in [3.63, 3.8) is 0 Å². The highest BCUT2D eigenvalue weighted by atomic mass is 19.1. The summed E-state index contributed by atoms with van der Waals surface area (Å²) in [6.07, 6.45) is 7.62. The third kappa shape index (κ3) is 13.2. The van der Waals surface area contributed by atoms with E-state index in [1.165, 1.54) is 19.6 Å². The second-order valence-corrected chi connectivity index (χ2v) is 11.3. The zero-order valence-corrected chi connectivity index (χ0v) is 33.9. The smallest absolute Gasteiger partial charge is 0.417 e. The lowest BCUT2D eigenvalue weighted by Crippen LogP contribution is -2.31. The van der Waals surface area contributed by atoms with Gasteiger partial charge in [0.2, 0.25) is 5.82 Å². The average Bonchev–Trinajstić information content (AvgIpc) is 3.66. The van der Waals surface area contributed by atoms with Gasteiger partial charge in [-0.1, -0.05) is 115 Å². The number of allylic oxidation sites excluding steroid dienone is 5. The first-order chi connectivity index (χ1) is 25.6. The van der Waals surface area contributed by atoms with Crippen LogP contribution in [-0.4, -0.2) is 47.1 Å². The molecule has 2 aromatic carbocycles. The number of hydrogen-bond acceptors (Lipinski definition) is 9. The zero-order valence-electron chi connectivity index (χ0n) is 33.9. The number of nitrogens with one attached hydrogen (secondary N) is 2. The molecule has 4 aromatic rings. The summed E-state index contributed by atoms with van der Waals surface area (Å²) in [6.45, 7) is 22.3. The first kappa shape index (κ1) is 46.2. The summed E-state index contributed by atoms with van der Waals surface area (Å²) in [5.74, 6) is 1.12. The largest absolute Gasteiger partial charge is 0.480 e. The van der Waals surface area contributed by atoms with E-state index in [1.54, 1.807) is 35.9 Å². The maximum Gasteiger partial charge on any atom is 0.417 e. The SMILES string of the molecule is C=C/C(=C\C=C(/C)OC(C)NC)c1c(CNC)nc(CCC)n(Cc2ccc(-c3ccccc3-c3noc(OC)n3)cc2F)c1=O.CC.CC.CCC. The van der Waals surface area contributed by atoms with Gasteiger partial charge < -0.3 is 14.8 Å². The quantitative estimate of drug-likeness (QED) is 0.0701. The van der Waals surface area contributed by atoms with Crippen molar-refractivity contribution in [2.75, 3.05) is 21.2 Å². The molecule has 0 spiro atoms. The maximum absolute atomic E-state index is 15.9. The molecule has 0 aliphatic rings. The topological polar surface area (TPSA) is 116 Å². The van der Waals surface area contributed by atoms with Crippen LogP contribution in [0, 0.1) is 5.82 Å². The van der Waals surface area contributed by atoms with Crippen LogP contribution < -0.4 is 20.9 Å². The standard InChI is InChI=1S/C35H41FN6O4.C3H8.2C2H6/c1-8-12-31-39-30(20-37-5)32(24(9-2)16-15-22(3)45-23(4)38-6)34(43)42(31)21-26-18-17-25(19-29(26)36)27-13-10-11-14-28(27)33-40-35(44-7)46-41-33;1-3-2;2*1-2/h9-11,13-19,23,37-38H,2,8,12,20-21H2,1,3-7H3;3H2,1-2H3;2*1-2H3/b22-15+,24-16+;;;. The molecular formula is C42H61FN6O4. The first-order valence-electron chi connectivity index (χ1n) is 18.5. The van der Waals surface area contributed by atoms with E-state index in [0.29, 0.717) is 63.9 Å². The molecular weight excluding hydrogens is 671 g/mol. The van der Waals surface area contributed by atoms with Crippen molar-refractivity contribution in [3.05, 3.63) is 112 Å². The third-order valence-electron chi connectivity index (χ3n) is 7.36. The molecule has 0 saturated carbocycles. The first-order valence-corrected chi connectivity index (χ1v) is 18.5. The number of hydrogen-bond donors (Lipinski definition) is 2. The van der Waals surface area contributed by atoms with E-state index in [4.69, 9.17) is 19.0 Å². The van der Waals surface area contributed by atoms with E-state index in [9.17, 15) is 4.79 Å². The molecule has 0 fully saturated rings. The van der Waals surface area contributed by atoms with Gasteiger partial charge in [-0.25, -0.2) is 9.37 Å². The Balaban J connectivity index is 0.00000188. The van der Waals surface area contributed by atoms with Crippen LogP contribution in [-0.2, 0) is 24.2 Å². The van der Waals surface area contributed by atoms with E-state index in [0.717, 1.165) is 12.0 Å². The van der Waals surface area contributed by atoms with Crippen molar-refractivity contribution in [2.45, 2.75) is 101 Å². The third-order valence-corrected chi connectivity index (χ3v) is 7.36. The van der Waals surface area contributed by atoms with Gasteiger partial charge >= 0.3 is 6.08 Å². The molecule has 0 aliphatic carbocycles. The van der Waals surface area contributed by atoms with E-state index >= 15 is 4.39 Å². The number of nitrogens with zero attached hydrogens (tertiary/aromatic N) is 4. The van der Waals surface area contributed by atoms with Gasteiger partial charge in [0.15, 0.2) is 0 Å². The molecule has 10 nitrogen and oxygen atoms in total. The lowest BCUT2D eigenvalue weighted by Gasteiger charge is -2.18. The van der Waals surface area contributed by atoms with Gasteiger partial charge in [0.05, 0.1) is 30.7 Å². The molecule has 53 heavy (non-hydrogen) atoms. The fourth-order valence-electron chi connectivity index (χ4n) is 4.99. The summed E-state index contributed by atoms with van der Waals surface area (Å²) in [7, 11) is 5.05. The molecule has 2 aromatic heterocycles. The fraction of sp³-hybridized carbons (Fsp3) is 0.429. The summed E-state index contributed by atoms with van der Waals surface area (Å²) in [6, 6.07) is 12.3. The Kier molecular flexibility index (Phi) is 21.9. The van der Waals surface area contributed by atoms with Crippen LogP contribution >= 0.6 is 0 Å². The molecule has 1 unspecified atom stereocenters. The molecule has 290 valence electrons. The molecule has 0 radical (unpaired) electrons. The molecule has 0 bridgehead atoms. The van der Waals surface area contributed by atoms with E-state index in [2.05, 4.69) is 41.2 Å². The number of aryl methyl sites for hydroxylation is 1. The van der Waals surface area contributed by atoms with E-state index in [-0.39, 0.29) is 24.4 Å². The number of aromatic nitrogens is 4. The Morgan fingerprint density at radius 2 is 1.70 bits per heavy atom. The van der Waals surface area contributed by atoms with Gasteiger partial charge in [-0.15, -0.1) is 0 Å². The summed E-state index contributed by atoms with van der Waals surface area (Å²) >= 11 is 0. The van der Waals surface area contributed by atoms with Gasteiger partial charge in [0, 0.05) is 24.1 Å². The fourth-order valence-corrected chi connectivity index (χ4v) is 4.99. The van der Waals surface area contributed by atoms with Gasteiger partial charge in [0.1, 0.15) is 17.9 Å². The van der Waals surface area contributed by atoms with Crippen LogP contribution in [0.4, 0.5) is 4.39 Å². The van der Waals surface area contributed by atoms with Crippen molar-refractivity contribution in [2.24, 2.45) is 0 Å². The highest BCUT2D eigenvalue weighted by Gasteiger charge is 2.20. The summed E-state index contributed by atoms with van der Waals surface area (Å²) < 4.78 is 33.3. The average molecular weight is 733 g/mol. The van der Waals surface area contributed by atoms with Crippen molar-refractivity contribution >= 4 is 5.57 Å². The Hall–Kier alpha value is -4.87. The Morgan fingerprint density at radius 1 is 1.04 bits per heavy atom. The molecule has 1 atom stereocenters. The molecule has 11 heteroatoms. The van der Waals surface area contributed by atoms with Gasteiger partial charge in [-0.3, -0.25) is 19.2 Å². The monoisotopic (exact) mass is 732 g/mol. The van der Waals surface area contributed by atoms with E-state index < -0.39 is 5.82 Å². The van der Waals surface area contributed by atoms with Crippen LogP contribution in [0.1, 0.15) is 97.8 Å². The second-order valence-electron chi connectivity index (χ2n) is 11.3. The molecule has 0 amide bonds. The molecule has 0 aliphatic heterocycles. The van der Waals surface area contributed by atoms with Crippen LogP contribution in [0.2, 0.25) is 0 Å². The molecule has 0 saturated heterocycles. The summed E-state index contributed by atoms with van der Waals surface area (Å²) in [4.78, 5) is 23.4. The highest BCUT2D eigenvalue weighted by Crippen LogP contribution is 2.32. The van der Waals surface area contributed by atoms with Crippen LogP contribution in [0.25, 0.3) is 28.1 Å². The summed E-state index contributed by atoms with van der Waals surface area (Å²) in [5.41, 5.74) is 3.67. The maximum atomic E-state index is 15.9. The molecule has 4 rings (SSSR count). The lowest BCUT2D eigenvalue weighted by molar-refractivity contribution is 0.111. The number of rotatable bonds is 15. The van der Waals surface area contributed by atoms with Gasteiger partial charge in [-0.05, 0) is 63.2 Å². The number of halogens is 1. The van der Waals surface area contributed by atoms with Crippen LogP contribution in [0.3, 0.4) is 0 Å². The predicted molar refractivity (Wildman–Crippen MR) is 216 cm³/mol. The minimum absolute atomic E-state index is 0.00584. The number of ether oxygens (including phenoxy) is 2. The minimum Gasteiger partial charge on any atom is -0.480 e. The highest BCUT2D eigenvalue weighted by molar-refractivity contribution is 5.80. The Labute approximate surface area is 316 Å². The molecule has 2 N–H and O–H groups in total. The van der Waals surface area contributed by atoms with Gasteiger partial charge in [-0.2, -0.15) is 4.98 Å². The van der Waals surface area contributed by atoms with Crippen molar-refractivity contribution < 1.29 is 18.4 Å². The molecule has 2 heterocycles. The van der Waals surface area contributed by atoms with Crippen LogP contribution in [0.5, 0.6) is 6.08 Å². The van der Waals surface area contributed by atoms with Crippen molar-refractivity contribution in [3.8, 4) is 28.6 Å². The van der Waals surface area contributed by atoms with Gasteiger partial charge in [0.25, 0.3) is 5.56 Å². The Morgan fingerprint density at radius 3 is 2.25 bits per heavy atom. The predicted octanol–water partition coefficient (Wildman–Crippen LogP) is 9.35. The van der Waals surface area contributed by atoms with Crippen molar-refractivity contribution in [1.29, 1.82) is 0 Å².